The molecular weight excluding hydrogens is 270 g/mol. The molecule has 2 rings (SSSR count). The Morgan fingerprint density at radius 2 is 2.22 bits per heavy atom. The van der Waals surface area contributed by atoms with E-state index in [0.717, 1.165) is 11.8 Å². The van der Waals surface area contributed by atoms with Gasteiger partial charge in [-0.25, -0.2) is 0 Å². The van der Waals surface area contributed by atoms with E-state index in [2.05, 4.69) is 5.32 Å². The molecule has 92 valence electrons. The van der Waals surface area contributed by atoms with Crippen LogP contribution in [0.1, 0.15) is 25.6 Å². The lowest BCUT2D eigenvalue weighted by atomic mass is 10.2. The summed E-state index contributed by atoms with van der Waals surface area (Å²) in [6, 6.07) is 6.71. The zero-order valence-corrected chi connectivity index (χ0v) is 11.1. The number of halogens is 1. The average Bonchev–Trinajstić information content (AvgIpc) is 2.70. The van der Waals surface area contributed by atoms with Crippen LogP contribution in [0.5, 0.6) is 0 Å². The normalized spacial score (nSPS) is 10.1. The number of thiophene rings is 1. The number of hydrogen-bond donors (Lipinski definition) is 1. The third-order valence-corrected chi connectivity index (χ3v) is 4.08. The smallest absolute Gasteiger partial charge is 0.267 e. The first kappa shape index (κ1) is 12.8. The van der Waals surface area contributed by atoms with E-state index >= 15 is 0 Å². The van der Waals surface area contributed by atoms with Gasteiger partial charge < -0.3 is 5.32 Å². The number of benzene rings is 1. The van der Waals surface area contributed by atoms with E-state index in [4.69, 9.17) is 11.6 Å². The highest BCUT2D eigenvalue weighted by Crippen LogP contribution is 2.27. The Bertz CT molecular complexity index is 607. The number of aldehydes is 1. The quantitative estimate of drug-likeness (QED) is 0.869. The average molecular weight is 280 g/mol. The van der Waals surface area contributed by atoms with Crippen LogP contribution in [0, 0.1) is 6.92 Å². The second-order valence-corrected chi connectivity index (χ2v) is 5.02. The van der Waals surface area contributed by atoms with Crippen molar-refractivity contribution in [1.29, 1.82) is 0 Å². The molecule has 1 aromatic heterocycles. The molecule has 0 atom stereocenters. The van der Waals surface area contributed by atoms with Crippen LogP contribution in [0.4, 0.5) is 5.69 Å². The molecule has 1 amide bonds. The van der Waals surface area contributed by atoms with Gasteiger partial charge >= 0.3 is 0 Å². The van der Waals surface area contributed by atoms with Gasteiger partial charge in [0.2, 0.25) is 0 Å². The minimum Gasteiger partial charge on any atom is -0.321 e. The highest BCUT2D eigenvalue weighted by molar-refractivity contribution is 7.13. The zero-order valence-electron chi connectivity index (χ0n) is 9.57. The molecule has 0 radical (unpaired) electrons. The lowest BCUT2D eigenvalue weighted by Crippen LogP contribution is -2.10. The van der Waals surface area contributed by atoms with Crippen LogP contribution >= 0.6 is 22.9 Å². The van der Waals surface area contributed by atoms with Crippen molar-refractivity contribution in [3.05, 3.63) is 50.7 Å². The van der Waals surface area contributed by atoms with E-state index in [1.165, 1.54) is 11.3 Å². The van der Waals surface area contributed by atoms with Crippen LogP contribution in [0.2, 0.25) is 5.02 Å². The maximum Gasteiger partial charge on any atom is 0.267 e. The molecule has 0 aliphatic carbocycles. The van der Waals surface area contributed by atoms with E-state index in [-0.39, 0.29) is 5.91 Å². The molecular formula is C13H10ClNO2S. The van der Waals surface area contributed by atoms with Crippen molar-refractivity contribution in [3.63, 3.8) is 0 Å². The molecule has 3 nitrogen and oxygen atoms in total. The van der Waals surface area contributed by atoms with Crippen LogP contribution in [0.15, 0.2) is 29.6 Å². The molecule has 0 spiro atoms. The molecule has 0 unspecified atom stereocenters. The summed E-state index contributed by atoms with van der Waals surface area (Å²) in [5, 5.41) is 5.02. The topological polar surface area (TPSA) is 46.2 Å². The number of carbonyl (C=O) groups is 2. The highest BCUT2D eigenvalue weighted by atomic mass is 35.5. The van der Waals surface area contributed by atoms with Crippen LogP contribution < -0.4 is 5.32 Å². The van der Waals surface area contributed by atoms with E-state index in [9.17, 15) is 9.59 Å². The second kappa shape index (κ2) is 5.33. The van der Waals surface area contributed by atoms with Crippen LogP contribution in [-0.4, -0.2) is 12.2 Å². The molecule has 0 aliphatic heterocycles. The van der Waals surface area contributed by atoms with Crippen molar-refractivity contribution >= 4 is 40.8 Å². The molecule has 0 saturated heterocycles. The summed E-state index contributed by atoms with van der Waals surface area (Å²) in [5.41, 5.74) is 1.97. The molecule has 0 saturated carbocycles. The maximum atomic E-state index is 12.0. The summed E-state index contributed by atoms with van der Waals surface area (Å²) in [4.78, 5) is 23.1. The SMILES string of the molecule is Cc1csc(C(=O)Nc2cccc(C=O)c2)c1Cl. The van der Waals surface area contributed by atoms with Gasteiger partial charge in [0.1, 0.15) is 11.2 Å². The molecule has 1 heterocycles. The standard InChI is InChI=1S/C13H10ClNO2S/c1-8-7-18-12(11(8)14)13(17)15-10-4-2-3-9(5-10)6-16/h2-7H,1H3,(H,15,17). The summed E-state index contributed by atoms with van der Waals surface area (Å²) in [7, 11) is 0. The first-order chi connectivity index (χ1) is 8.61. The Hall–Kier alpha value is -1.65. The Kier molecular flexibility index (Phi) is 3.79. The lowest BCUT2D eigenvalue weighted by molar-refractivity contribution is 0.102. The molecule has 5 heteroatoms. The Morgan fingerprint density at radius 1 is 1.44 bits per heavy atom. The van der Waals surface area contributed by atoms with Crippen LogP contribution in [0.3, 0.4) is 0 Å². The van der Waals surface area contributed by atoms with Crippen molar-refractivity contribution in [1.82, 2.24) is 0 Å². The summed E-state index contributed by atoms with van der Waals surface area (Å²) < 4.78 is 0. The summed E-state index contributed by atoms with van der Waals surface area (Å²) in [5.74, 6) is -0.263. The third-order valence-electron chi connectivity index (χ3n) is 2.39. The van der Waals surface area contributed by atoms with Crippen LogP contribution in [0.25, 0.3) is 0 Å². The van der Waals surface area contributed by atoms with Gasteiger partial charge in [-0.15, -0.1) is 11.3 Å². The Balaban J connectivity index is 2.21. The number of aryl methyl sites for hydroxylation is 1. The van der Waals surface area contributed by atoms with E-state index < -0.39 is 0 Å². The summed E-state index contributed by atoms with van der Waals surface area (Å²) in [6.45, 7) is 1.85. The Labute approximate surface area is 113 Å². The first-order valence-corrected chi connectivity index (χ1v) is 6.47. The van der Waals surface area contributed by atoms with Crippen molar-refractivity contribution in [2.24, 2.45) is 0 Å². The third kappa shape index (κ3) is 2.60. The van der Waals surface area contributed by atoms with Gasteiger partial charge in [0.15, 0.2) is 0 Å². The number of anilines is 1. The monoisotopic (exact) mass is 279 g/mol. The van der Waals surface area contributed by atoms with Crippen molar-refractivity contribution in [2.45, 2.75) is 6.92 Å². The van der Waals surface area contributed by atoms with E-state index in [0.29, 0.717) is 21.2 Å². The second-order valence-electron chi connectivity index (χ2n) is 3.76. The van der Waals surface area contributed by atoms with Gasteiger partial charge in [0.25, 0.3) is 5.91 Å². The zero-order chi connectivity index (χ0) is 13.1. The van der Waals surface area contributed by atoms with Crippen molar-refractivity contribution < 1.29 is 9.59 Å². The van der Waals surface area contributed by atoms with Gasteiger partial charge in [-0.05, 0) is 30.0 Å². The summed E-state index contributed by atoms with van der Waals surface area (Å²) in [6.07, 6.45) is 0.734. The molecule has 0 fully saturated rings. The lowest BCUT2D eigenvalue weighted by Gasteiger charge is -2.04. The molecule has 1 N–H and O–H groups in total. The van der Waals surface area contributed by atoms with Crippen molar-refractivity contribution in [3.8, 4) is 0 Å². The largest absolute Gasteiger partial charge is 0.321 e. The minimum absolute atomic E-state index is 0.263. The molecule has 2 aromatic rings. The Morgan fingerprint density at radius 3 is 2.83 bits per heavy atom. The molecule has 1 aromatic carbocycles. The van der Waals surface area contributed by atoms with Gasteiger partial charge in [-0.2, -0.15) is 0 Å². The maximum absolute atomic E-state index is 12.0. The predicted octanol–water partition coefficient (Wildman–Crippen LogP) is 3.77. The van der Waals surface area contributed by atoms with Crippen LogP contribution in [-0.2, 0) is 0 Å². The predicted molar refractivity (Wildman–Crippen MR) is 73.8 cm³/mol. The fraction of sp³-hybridized carbons (Fsp3) is 0.0769. The number of rotatable bonds is 3. The minimum atomic E-state index is -0.263. The summed E-state index contributed by atoms with van der Waals surface area (Å²) >= 11 is 7.32. The van der Waals surface area contributed by atoms with E-state index in [1.807, 2.05) is 12.3 Å². The number of carbonyl (C=O) groups excluding carboxylic acids is 2. The molecule has 0 aliphatic rings. The fourth-order valence-corrected chi connectivity index (χ4v) is 2.63. The van der Waals surface area contributed by atoms with Gasteiger partial charge in [-0.3, -0.25) is 9.59 Å². The van der Waals surface area contributed by atoms with Crippen molar-refractivity contribution in [2.75, 3.05) is 5.32 Å². The van der Waals surface area contributed by atoms with E-state index in [1.54, 1.807) is 24.3 Å². The first-order valence-electron chi connectivity index (χ1n) is 5.22. The number of nitrogens with one attached hydrogen (secondary N) is 1. The van der Waals surface area contributed by atoms with Gasteiger partial charge in [0, 0.05) is 11.3 Å². The molecule has 0 bridgehead atoms. The van der Waals surface area contributed by atoms with Gasteiger partial charge in [-0.1, -0.05) is 23.7 Å². The highest BCUT2D eigenvalue weighted by Gasteiger charge is 2.14. The molecule has 18 heavy (non-hydrogen) atoms. The van der Waals surface area contributed by atoms with Gasteiger partial charge in [0.05, 0.1) is 5.02 Å². The fourth-order valence-electron chi connectivity index (χ4n) is 1.46. The number of hydrogen-bond acceptors (Lipinski definition) is 3. The number of amides is 1.